The number of carboxylic acid groups (broad SMARTS) is 2. The van der Waals surface area contributed by atoms with E-state index in [1.807, 2.05) is 24.3 Å². The van der Waals surface area contributed by atoms with Gasteiger partial charge in [-0.1, -0.05) is 43.0 Å². The molecule has 0 aliphatic carbocycles. The second-order valence-corrected chi connectivity index (χ2v) is 11.7. The second kappa shape index (κ2) is 9.25. The van der Waals surface area contributed by atoms with E-state index in [1.54, 1.807) is 24.3 Å². The van der Waals surface area contributed by atoms with Gasteiger partial charge < -0.3 is 10.2 Å². The van der Waals surface area contributed by atoms with Crippen LogP contribution >= 0.6 is 0 Å². The number of aromatic carboxylic acids is 2. The van der Waals surface area contributed by atoms with Crippen molar-refractivity contribution in [1.82, 2.24) is 4.57 Å². The molecule has 9 rings (SSSR count). The number of imide groups is 1. The first-order valence-corrected chi connectivity index (χ1v) is 14.8. The maximum absolute atomic E-state index is 14.0. The highest BCUT2D eigenvalue weighted by Crippen LogP contribution is 2.44. The van der Waals surface area contributed by atoms with E-state index in [2.05, 4.69) is 18.7 Å². The molecular weight excluding hydrogens is 608 g/mol. The SMILES string of the molecule is C=c1c2ccc3c4c#cc5c6c(ccc(c7ccc(c(=O)n1-c1ccc(C(=O)O)cc1)c2c37)c64)C(=O)N(c1ccc(C(=O)O)cc1)C5=O. The molecule has 0 fully saturated rings. The summed E-state index contributed by atoms with van der Waals surface area (Å²) in [5, 5.41) is 25.9. The minimum Gasteiger partial charge on any atom is -0.478 e. The van der Waals surface area contributed by atoms with E-state index in [0.717, 1.165) is 31.8 Å². The summed E-state index contributed by atoms with van der Waals surface area (Å²) in [5.74, 6) is -3.32. The van der Waals surface area contributed by atoms with Gasteiger partial charge in [0.2, 0.25) is 0 Å². The molecule has 1 aliphatic rings. The van der Waals surface area contributed by atoms with Gasteiger partial charge in [-0.05, 0) is 82.2 Å². The first kappa shape index (κ1) is 27.3. The first-order valence-electron chi connectivity index (χ1n) is 14.8. The van der Waals surface area contributed by atoms with E-state index < -0.39 is 23.8 Å². The topological polar surface area (TPSA) is 134 Å². The van der Waals surface area contributed by atoms with Crippen molar-refractivity contribution in [1.29, 1.82) is 0 Å². The van der Waals surface area contributed by atoms with Gasteiger partial charge in [-0.25, -0.2) is 14.5 Å². The molecule has 0 unspecified atom stereocenters. The molecular formula is C39H18N2O7. The molecule has 226 valence electrons. The summed E-state index contributed by atoms with van der Waals surface area (Å²) in [4.78, 5) is 65.6. The van der Waals surface area contributed by atoms with Crippen LogP contribution in [-0.2, 0) is 0 Å². The van der Waals surface area contributed by atoms with E-state index in [9.17, 15) is 34.2 Å². The fourth-order valence-electron chi connectivity index (χ4n) is 7.19. The summed E-state index contributed by atoms with van der Waals surface area (Å²) < 4.78 is 1.48. The number of hydrogen-bond acceptors (Lipinski definition) is 5. The quantitative estimate of drug-likeness (QED) is 0.140. The zero-order valence-corrected chi connectivity index (χ0v) is 24.6. The Morgan fingerprint density at radius 3 is 1.77 bits per heavy atom. The van der Waals surface area contributed by atoms with Crippen LogP contribution in [0.2, 0.25) is 0 Å². The maximum Gasteiger partial charge on any atom is 0.335 e. The largest absolute Gasteiger partial charge is 0.478 e. The molecule has 9 nitrogen and oxygen atoms in total. The van der Waals surface area contributed by atoms with Crippen molar-refractivity contribution in [2.75, 3.05) is 4.90 Å². The molecule has 0 bridgehead atoms. The van der Waals surface area contributed by atoms with Gasteiger partial charge in [0.05, 0.1) is 22.4 Å². The van der Waals surface area contributed by atoms with Gasteiger partial charge in [0.25, 0.3) is 17.4 Å². The molecule has 2 heterocycles. The van der Waals surface area contributed by atoms with Crippen LogP contribution in [0.5, 0.6) is 0 Å². The summed E-state index contributed by atoms with van der Waals surface area (Å²) in [6.07, 6.45) is 0. The number of benzene rings is 6. The zero-order valence-electron chi connectivity index (χ0n) is 24.6. The smallest absolute Gasteiger partial charge is 0.335 e. The predicted octanol–water partition coefficient (Wildman–Crippen LogP) is 5.97. The van der Waals surface area contributed by atoms with Gasteiger partial charge >= 0.3 is 11.9 Å². The maximum atomic E-state index is 14.0. The first-order chi connectivity index (χ1) is 23.2. The summed E-state index contributed by atoms with van der Waals surface area (Å²) in [5.41, 5.74) is 1.03. The Bertz CT molecular complexity index is 2770. The van der Waals surface area contributed by atoms with Gasteiger partial charge in [-0.2, -0.15) is 0 Å². The summed E-state index contributed by atoms with van der Waals surface area (Å²) >= 11 is 0. The van der Waals surface area contributed by atoms with Crippen molar-refractivity contribution < 1.29 is 29.4 Å². The number of rotatable bonds is 4. The van der Waals surface area contributed by atoms with Crippen LogP contribution in [0.1, 0.15) is 41.4 Å². The van der Waals surface area contributed by atoms with Crippen LogP contribution in [0.15, 0.2) is 89.7 Å². The number of nitrogens with zero attached hydrogens (tertiary/aromatic N) is 2. The van der Waals surface area contributed by atoms with Crippen molar-refractivity contribution in [3.05, 3.63) is 135 Å². The van der Waals surface area contributed by atoms with Gasteiger partial charge in [0, 0.05) is 48.9 Å². The molecule has 2 N–H and O–H groups in total. The second-order valence-electron chi connectivity index (χ2n) is 11.7. The molecule has 2 amide bonds. The Kier molecular flexibility index (Phi) is 5.26. The molecule has 1 aromatic heterocycles. The monoisotopic (exact) mass is 626 g/mol. The van der Waals surface area contributed by atoms with Crippen LogP contribution in [0.25, 0.3) is 66.1 Å². The Labute approximate surface area is 269 Å². The fraction of sp³-hybridized carbons (Fsp3) is 0. The van der Waals surface area contributed by atoms with E-state index in [-0.39, 0.29) is 27.9 Å². The third-order valence-corrected chi connectivity index (χ3v) is 9.35. The van der Waals surface area contributed by atoms with Gasteiger partial charge in [0.15, 0.2) is 0 Å². The lowest BCUT2D eigenvalue weighted by atomic mass is 9.84. The molecule has 0 saturated heterocycles. The number of carbonyl (C=O) groups excluding carboxylic acids is 2. The lowest BCUT2D eigenvalue weighted by Crippen LogP contribution is -2.40. The zero-order chi connectivity index (χ0) is 33.2. The average Bonchev–Trinajstić information content (AvgIpc) is 3.09. The van der Waals surface area contributed by atoms with Crippen LogP contribution in [0.3, 0.4) is 0 Å². The summed E-state index contributed by atoms with van der Waals surface area (Å²) in [6, 6.07) is 28.7. The summed E-state index contributed by atoms with van der Waals surface area (Å²) in [6.45, 7) is 4.26. The molecule has 8 aromatic rings. The van der Waals surface area contributed by atoms with Crippen LogP contribution in [0.4, 0.5) is 5.69 Å². The molecule has 48 heavy (non-hydrogen) atoms. The van der Waals surface area contributed by atoms with Gasteiger partial charge in [-0.3, -0.25) is 19.0 Å². The van der Waals surface area contributed by atoms with Crippen LogP contribution in [-0.4, -0.2) is 38.5 Å². The number of fused-ring (bicyclic) bond motifs is 2. The van der Waals surface area contributed by atoms with Crippen molar-refractivity contribution in [2.45, 2.75) is 0 Å². The Hall–Kier alpha value is -7.05. The molecule has 0 saturated carbocycles. The van der Waals surface area contributed by atoms with Crippen molar-refractivity contribution in [3.8, 4) is 5.69 Å². The van der Waals surface area contributed by atoms with Crippen molar-refractivity contribution in [2.24, 2.45) is 0 Å². The number of carboxylic acids is 2. The Balaban J connectivity index is 1.30. The minimum absolute atomic E-state index is 0.0284. The van der Waals surface area contributed by atoms with Crippen LogP contribution in [0, 0.1) is 12.1 Å². The molecule has 1 aliphatic heterocycles. The number of carbonyl (C=O) groups is 4. The van der Waals surface area contributed by atoms with Crippen LogP contribution < -0.4 is 15.8 Å². The lowest BCUT2D eigenvalue weighted by Gasteiger charge is -2.27. The number of aromatic nitrogens is 1. The Morgan fingerprint density at radius 2 is 1.10 bits per heavy atom. The average molecular weight is 627 g/mol. The molecule has 9 heteroatoms. The minimum atomic E-state index is -1.12. The molecule has 7 aromatic carbocycles. The number of hydrogen-bond donors (Lipinski definition) is 2. The highest BCUT2D eigenvalue weighted by atomic mass is 16.4. The highest BCUT2D eigenvalue weighted by molar-refractivity contribution is 6.42. The molecule has 0 atom stereocenters. The molecule has 0 spiro atoms. The number of pyridine rings is 1. The van der Waals surface area contributed by atoms with Crippen molar-refractivity contribution >= 4 is 89.9 Å². The fourth-order valence-corrected chi connectivity index (χ4v) is 7.19. The normalized spacial score (nSPS) is 13.0. The predicted molar refractivity (Wildman–Crippen MR) is 181 cm³/mol. The highest BCUT2D eigenvalue weighted by Gasteiger charge is 2.35. The Morgan fingerprint density at radius 1 is 0.562 bits per heavy atom. The van der Waals surface area contributed by atoms with E-state index >= 15 is 0 Å². The van der Waals surface area contributed by atoms with Gasteiger partial charge in [-0.15, -0.1) is 0 Å². The van der Waals surface area contributed by atoms with E-state index in [1.165, 1.54) is 41.0 Å². The number of anilines is 1. The third-order valence-electron chi connectivity index (χ3n) is 9.35. The van der Waals surface area contributed by atoms with Crippen molar-refractivity contribution in [3.63, 3.8) is 0 Å². The lowest BCUT2D eigenvalue weighted by molar-refractivity contribution is 0.0686. The standard InChI is InChI=1S/C39H18N2O7/c1-18-23-10-11-24-26-13-16-29-34-30(37(44)41(36(29)43)22-8-4-20(5-9-22)39(47)48)17-14-27(33(26)34)25-12-15-28(31(23)32(24)25)35(42)40(18)21-6-2-19(3-7-21)38(45)46/h2-12,14-15,17H,1H2,(H,45,46)(H,47,48). The number of amides is 2. The van der Waals surface area contributed by atoms with Gasteiger partial charge in [0.1, 0.15) is 0 Å². The van der Waals surface area contributed by atoms with E-state index in [4.69, 9.17) is 0 Å². The molecule has 0 radical (unpaired) electrons. The third kappa shape index (κ3) is 3.37. The van der Waals surface area contributed by atoms with E-state index in [0.29, 0.717) is 43.5 Å². The summed E-state index contributed by atoms with van der Waals surface area (Å²) in [7, 11) is 0.